The Labute approximate surface area is 84.3 Å². The molecule has 1 heterocycles. The molecule has 1 aromatic carbocycles. The fourth-order valence-electron chi connectivity index (χ4n) is 1.39. The summed E-state index contributed by atoms with van der Waals surface area (Å²) in [7, 11) is 0. The Hall–Kier alpha value is -1.58. The van der Waals surface area contributed by atoms with Crippen LogP contribution < -0.4 is 10.6 Å². The summed E-state index contributed by atoms with van der Waals surface area (Å²) in [5.74, 6) is 0. The van der Waals surface area contributed by atoms with E-state index in [0.29, 0.717) is 10.6 Å². The minimum absolute atomic E-state index is 0.379. The molecule has 1 aliphatic rings. The number of benzene rings is 1. The number of nitrogens with zero attached hydrogens (tertiary/aromatic N) is 1. The molecule has 4 heteroatoms. The van der Waals surface area contributed by atoms with Crippen molar-refractivity contribution in [1.82, 2.24) is 0 Å². The highest BCUT2D eigenvalue weighted by molar-refractivity contribution is 5.38. The van der Waals surface area contributed by atoms with Crippen molar-refractivity contribution in [3.8, 4) is 0 Å². The zero-order chi connectivity index (χ0) is 10.9. The Bertz CT molecular complexity index is 499. The maximum atomic E-state index is 12.5. The number of hydrogen-bond acceptors (Lipinski definition) is 1. The summed E-state index contributed by atoms with van der Waals surface area (Å²) in [5.41, 5.74) is 0. The van der Waals surface area contributed by atoms with Gasteiger partial charge in [-0.25, -0.2) is 0 Å². The minimum atomic E-state index is -4.32. The van der Waals surface area contributed by atoms with Crippen molar-refractivity contribution in [2.24, 2.45) is 4.99 Å². The van der Waals surface area contributed by atoms with Gasteiger partial charge in [-0.3, -0.25) is 4.99 Å². The molecule has 0 radical (unpaired) electrons. The molecule has 0 aliphatic carbocycles. The third kappa shape index (κ3) is 2.09. The number of fused-ring (bicyclic) bond motifs is 1. The van der Waals surface area contributed by atoms with Crippen molar-refractivity contribution >= 4 is 6.08 Å². The fraction of sp³-hybridized carbons (Fsp3) is 0.182. The van der Waals surface area contributed by atoms with Gasteiger partial charge in [0.25, 0.3) is 0 Å². The van der Waals surface area contributed by atoms with Gasteiger partial charge in [-0.05, 0) is 11.3 Å². The third-order valence-electron chi connectivity index (χ3n) is 2.12. The number of allylic oxidation sites excluding steroid dienone is 1. The van der Waals surface area contributed by atoms with Gasteiger partial charge in [0.15, 0.2) is 6.04 Å². The van der Waals surface area contributed by atoms with E-state index in [-0.39, 0.29) is 0 Å². The summed E-state index contributed by atoms with van der Waals surface area (Å²) in [6.07, 6.45) is -0.236. The molecule has 1 aromatic rings. The number of para-hydroxylation sites is 1. The van der Waals surface area contributed by atoms with E-state index in [2.05, 4.69) is 4.99 Å². The molecule has 0 N–H and O–H groups in total. The highest BCUT2D eigenvalue weighted by atomic mass is 19.4. The Morgan fingerprint density at radius 2 is 1.87 bits per heavy atom. The lowest BCUT2D eigenvalue weighted by atomic mass is 10.2. The van der Waals surface area contributed by atoms with Crippen LogP contribution in [0.4, 0.5) is 13.2 Å². The first-order valence-electron chi connectivity index (χ1n) is 4.45. The monoisotopic (exact) mass is 211 g/mol. The maximum absolute atomic E-state index is 12.5. The molecule has 1 atom stereocenters. The van der Waals surface area contributed by atoms with Crippen LogP contribution in [0.5, 0.6) is 0 Å². The van der Waals surface area contributed by atoms with Crippen molar-refractivity contribution in [1.29, 1.82) is 0 Å². The summed E-state index contributed by atoms with van der Waals surface area (Å²) in [5, 5.41) is 1.09. The molecule has 1 nitrogen and oxygen atoms in total. The van der Waals surface area contributed by atoms with Gasteiger partial charge >= 0.3 is 6.18 Å². The molecule has 15 heavy (non-hydrogen) atoms. The van der Waals surface area contributed by atoms with Gasteiger partial charge in [0.1, 0.15) is 0 Å². The molecule has 0 bridgehead atoms. The van der Waals surface area contributed by atoms with Gasteiger partial charge in [0.2, 0.25) is 0 Å². The zero-order valence-electron chi connectivity index (χ0n) is 7.70. The van der Waals surface area contributed by atoms with Crippen molar-refractivity contribution in [3.63, 3.8) is 0 Å². The number of halogens is 3. The average Bonchev–Trinajstić information content (AvgIpc) is 2.38. The molecule has 0 aromatic heterocycles. The first-order chi connectivity index (χ1) is 7.07. The lowest BCUT2D eigenvalue weighted by Gasteiger charge is -2.10. The summed E-state index contributed by atoms with van der Waals surface area (Å²) in [4.78, 5) is 3.67. The predicted molar refractivity (Wildman–Crippen MR) is 50.7 cm³/mol. The van der Waals surface area contributed by atoms with Crippen LogP contribution in [-0.4, -0.2) is 12.2 Å². The number of rotatable bonds is 0. The summed E-state index contributed by atoms with van der Waals surface area (Å²) >= 11 is 0. The van der Waals surface area contributed by atoms with Crippen LogP contribution in [-0.2, 0) is 0 Å². The lowest BCUT2D eigenvalue weighted by molar-refractivity contribution is -0.136. The van der Waals surface area contributed by atoms with Crippen molar-refractivity contribution in [2.45, 2.75) is 12.2 Å². The molecule has 0 spiro atoms. The topological polar surface area (TPSA) is 12.4 Å². The normalized spacial score (nSPS) is 19.8. The largest absolute Gasteiger partial charge is 0.414 e. The number of hydrogen-bond donors (Lipinski definition) is 0. The smallest absolute Gasteiger partial charge is 0.268 e. The van der Waals surface area contributed by atoms with E-state index >= 15 is 0 Å². The van der Waals surface area contributed by atoms with Gasteiger partial charge in [-0.15, -0.1) is 0 Å². The van der Waals surface area contributed by atoms with Crippen LogP contribution >= 0.6 is 0 Å². The number of alkyl halides is 3. The third-order valence-corrected chi connectivity index (χ3v) is 2.12. The molecule has 2 rings (SSSR count). The van der Waals surface area contributed by atoms with Gasteiger partial charge in [-0.1, -0.05) is 36.4 Å². The van der Waals surface area contributed by atoms with Crippen LogP contribution in [0.1, 0.15) is 0 Å². The van der Waals surface area contributed by atoms with Crippen LogP contribution in [0.25, 0.3) is 6.08 Å². The summed E-state index contributed by atoms with van der Waals surface area (Å²) in [6, 6.07) is 5.03. The molecule has 1 unspecified atom stereocenters. The summed E-state index contributed by atoms with van der Waals surface area (Å²) < 4.78 is 37.4. The highest BCUT2D eigenvalue weighted by Gasteiger charge is 2.37. The van der Waals surface area contributed by atoms with E-state index in [9.17, 15) is 13.2 Å². The quantitative estimate of drug-likeness (QED) is 0.618. The van der Waals surface area contributed by atoms with Gasteiger partial charge in [-0.2, -0.15) is 13.2 Å². The summed E-state index contributed by atoms with van der Waals surface area (Å²) in [6.45, 7) is 0. The van der Waals surface area contributed by atoms with Crippen LogP contribution in [0.15, 0.2) is 41.4 Å². The fourth-order valence-corrected chi connectivity index (χ4v) is 1.39. The van der Waals surface area contributed by atoms with Crippen LogP contribution in [0, 0.1) is 0 Å². The van der Waals surface area contributed by atoms with Gasteiger partial charge in [0, 0.05) is 0 Å². The molecule has 0 saturated carbocycles. The molecular formula is C11H8F3N. The molecule has 1 aliphatic heterocycles. The Balaban J connectivity index is 2.58. The lowest BCUT2D eigenvalue weighted by Crippen LogP contribution is -2.30. The standard InChI is InChI=1S/C11H8F3N/c12-11(13,14)10-7-3-5-8-4-1-2-6-9(8)15-10/h1-7,10H. The Kier molecular flexibility index (Phi) is 2.34. The van der Waals surface area contributed by atoms with Crippen LogP contribution in [0.3, 0.4) is 0 Å². The highest BCUT2D eigenvalue weighted by Crippen LogP contribution is 2.23. The first-order valence-corrected chi connectivity index (χ1v) is 4.45. The zero-order valence-corrected chi connectivity index (χ0v) is 7.70. The molecular weight excluding hydrogens is 203 g/mol. The van der Waals surface area contributed by atoms with Crippen molar-refractivity contribution < 1.29 is 13.2 Å². The van der Waals surface area contributed by atoms with E-state index < -0.39 is 12.2 Å². The second-order valence-electron chi connectivity index (χ2n) is 3.23. The molecule has 0 amide bonds. The molecule has 0 saturated heterocycles. The van der Waals surface area contributed by atoms with E-state index in [1.807, 2.05) is 0 Å². The molecule has 0 fully saturated rings. The Morgan fingerprint density at radius 3 is 2.60 bits per heavy atom. The molecule has 78 valence electrons. The van der Waals surface area contributed by atoms with E-state index in [1.165, 1.54) is 6.08 Å². The predicted octanol–water partition coefficient (Wildman–Crippen LogP) is 1.59. The van der Waals surface area contributed by atoms with E-state index in [4.69, 9.17) is 0 Å². The maximum Gasteiger partial charge on any atom is 0.414 e. The van der Waals surface area contributed by atoms with Crippen LogP contribution in [0.2, 0.25) is 0 Å². The average molecular weight is 211 g/mol. The van der Waals surface area contributed by atoms with Gasteiger partial charge < -0.3 is 0 Å². The second-order valence-corrected chi connectivity index (χ2v) is 3.23. The first kappa shape index (κ1) is 9.96. The van der Waals surface area contributed by atoms with Gasteiger partial charge in [0.05, 0.1) is 5.36 Å². The van der Waals surface area contributed by atoms with E-state index in [0.717, 1.165) is 6.08 Å². The van der Waals surface area contributed by atoms with E-state index in [1.54, 1.807) is 30.3 Å². The minimum Gasteiger partial charge on any atom is -0.268 e. The SMILES string of the molecule is FC(F)(F)C1C=CC=c2ccccc2=N1. The second kappa shape index (κ2) is 3.53. The Morgan fingerprint density at radius 1 is 1.13 bits per heavy atom. The van der Waals surface area contributed by atoms with Crippen molar-refractivity contribution in [3.05, 3.63) is 47.0 Å². The van der Waals surface area contributed by atoms with Crippen molar-refractivity contribution in [2.75, 3.05) is 0 Å².